The molecule has 0 rings (SSSR count). The number of amides is 7. The summed E-state index contributed by atoms with van der Waals surface area (Å²) in [5.41, 5.74) is 38.4. The van der Waals surface area contributed by atoms with Crippen molar-refractivity contribution in [2.45, 2.75) is 114 Å². The topological polar surface area (TPSA) is 350 Å². The molecule has 0 aromatic heterocycles. The van der Waals surface area contributed by atoms with Crippen LogP contribution in [0.2, 0.25) is 0 Å². The Morgan fingerprint density at radius 2 is 0.761 bits per heavy atom. The Bertz CT molecular complexity index is 999. The molecule has 0 heterocycles. The Hall–Kier alpha value is -3.87. The third-order valence-electron chi connectivity index (χ3n) is 7.12. The number of carbonyl (C=O) groups excluding carboxylic acids is 7. The number of primary amides is 3. The van der Waals surface area contributed by atoms with Crippen LogP contribution in [0, 0.1) is 0 Å². The lowest BCUT2D eigenvalue weighted by Gasteiger charge is -2.26. The van der Waals surface area contributed by atoms with Crippen molar-refractivity contribution in [1.29, 1.82) is 0 Å². The predicted molar refractivity (Wildman–Crippen MR) is 170 cm³/mol. The fourth-order valence-corrected chi connectivity index (χ4v) is 4.39. The summed E-state index contributed by atoms with van der Waals surface area (Å²) in [4.78, 5) is 87.3. The minimum absolute atomic E-state index is 0.128. The molecule has 0 aliphatic heterocycles. The normalized spacial score (nSPS) is 14.2. The molecule has 0 aliphatic rings. The summed E-state index contributed by atoms with van der Waals surface area (Å²) >= 11 is 0. The van der Waals surface area contributed by atoms with Crippen molar-refractivity contribution in [3.8, 4) is 0 Å². The van der Waals surface area contributed by atoms with Crippen molar-refractivity contribution in [3.05, 3.63) is 0 Å². The number of nitrogens with one attached hydrogen (secondary N) is 4. The highest BCUT2D eigenvalue weighted by molar-refractivity contribution is 5.96. The molecular formula is C28H55N11O7. The van der Waals surface area contributed by atoms with Gasteiger partial charge in [-0.2, -0.15) is 0 Å². The summed E-state index contributed by atoms with van der Waals surface area (Å²) in [7, 11) is 0. The van der Waals surface area contributed by atoms with E-state index in [-0.39, 0.29) is 38.5 Å². The van der Waals surface area contributed by atoms with Crippen LogP contribution in [-0.4, -0.2) is 91.2 Å². The standard InChI is InChI=1S/C28H55N11O7/c29-14-4-1-7-17(32)25(43)37-19(8-2-5-15-30)26(44)38-20(9-3-6-16-31)27(45)39-21(11-13-23(34)41)28(46)36-18(24(35)42)10-12-22(33)40/h17-21H,1-16,29-32H2,(H2,33,40)(H2,34,41)(H2,35,42)(H,36,46)(H,37,43)(H,38,44)(H,39,45)/t17-,18-,19-,20-,21-/m0/s1. The van der Waals surface area contributed by atoms with Gasteiger partial charge in [0.25, 0.3) is 0 Å². The zero-order chi connectivity index (χ0) is 35.1. The summed E-state index contributed by atoms with van der Waals surface area (Å²) in [6, 6.07) is -5.71. The van der Waals surface area contributed by atoms with Crippen LogP contribution in [0.15, 0.2) is 0 Å². The SMILES string of the molecule is NCCCC[C@H](NC(=O)[C@H](CCCCN)NC(=O)[C@@H](N)CCCCN)C(=O)N[C@@H](CCC(N)=O)C(=O)N[C@@H](CCC(N)=O)C(N)=O. The number of hydrogen-bond donors (Lipinski definition) is 11. The summed E-state index contributed by atoms with van der Waals surface area (Å²) in [6.07, 6.45) is 3.14. The third-order valence-corrected chi connectivity index (χ3v) is 7.12. The fourth-order valence-electron chi connectivity index (χ4n) is 4.39. The average molecular weight is 658 g/mol. The highest BCUT2D eigenvalue weighted by Gasteiger charge is 2.31. The Morgan fingerprint density at radius 3 is 1.13 bits per heavy atom. The molecule has 18 nitrogen and oxygen atoms in total. The zero-order valence-corrected chi connectivity index (χ0v) is 26.6. The van der Waals surface area contributed by atoms with E-state index in [9.17, 15) is 33.6 Å². The van der Waals surface area contributed by atoms with Gasteiger partial charge in [0, 0.05) is 12.8 Å². The van der Waals surface area contributed by atoms with Crippen molar-refractivity contribution in [2.75, 3.05) is 19.6 Å². The van der Waals surface area contributed by atoms with Gasteiger partial charge in [0.05, 0.1) is 6.04 Å². The molecule has 0 saturated carbocycles. The van der Waals surface area contributed by atoms with Gasteiger partial charge >= 0.3 is 0 Å². The maximum absolute atomic E-state index is 13.5. The maximum Gasteiger partial charge on any atom is 0.243 e. The van der Waals surface area contributed by atoms with Crippen LogP contribution in [0.4, 0.5) is 0 Å². The van der Waals surface area contributed by atoms with Crippen LogP contribution >= 0.6 is 0 Å². The molecule has 18 heteroatoms. The van der Waals surface area contributed by atoms with E-state index in [0.717, 1.165) is 0 Å². The molecule has 0 unspecified atom stereocenters. The average Bonchev–Trinajstić information content (AvgIpc) is 2.99. The van der Waals surface area contributed by atoms with E-state index >= 15 is 0 Å². The van der Waals surface area contributed by atoms with Crippen molar-refractivity contribution in [3.63, 3.8) is 0 Å². The molecule has 264 valence electrons. The number of rotatable bonds is 27. The van der Waals surface area contributed by atoms with Gasteiger partial charge in [-0.15, -0.1) is 0 Å². The quantitative estimate of drug-likeness (QED) is 0.0375. The Morgan fingerprint density at radius 1 is 0.435 bits per heavy atom. The molecule has 7 amide bonds. The van der Waals surface area contributed by atoms with Crippen molar-refractivity contribution in [2.24, 2.45) is 40.1 Å². The van der Waals surface area contributed by atoms with E-state index in [0.29, 0.717) is 64.6 Å². The molecule has 0 saturated heterocycles. The van der Waals surface area contributed by atoms with Crippen molar-refractivity contribution < 1.29 is 33.6 Å². The van der Waals surface area contributed by atoms with Crippen molar-refractivity contribution >= 4 is 41.4 Å². The van der Waals surface area contributed by atoms with Gasteiger partial charge in [0.2, 0.25) is 41.4 Å². The molecule has 0 fully saturated rings. The van der Waals surface area contributed by atoms with Gasteiger partial charge in [0.1, 0.15) is 24.2 Å². The Labute approximate surface area is 269 Å². The molecule has 0 bridgehead atoms. The highest BCUT2D eigenvalue weighted by Crippen LogP contribution is 2.09. The lowest BCUT2D eigenvalue weighted by Crippen LogP contribution is -2.58. The van der Waals surface area contributed by atoms with E-state index in [1.807, 2.05) is 0 Å². The first kappa shape index (κ1) is 42.1. The van der Waals surface area contributed by atoms with Crippen LogP contribution in [0.1, 0.15) is 83.5 Å². The minimum Gasteiger partial charge on any atom is -0.370 e. The first-order chi connectivity index (χ1) is 21.8. The van der Waals surface area contributed by atoms with Gasteiger partial charge in [-0.1, -0.05) is 6.42 Å². The van der Waals surface area contributed by atoms with Gasteiger partial charge in [-0.25, -0.2) is 0 Å². The van der Waals surface area contributed by atoms with Crippen molar-refractivity contribution in [1.82, 2.24) is 21.3 Å². The van der Waals surface area contributed by atoms with Crippen LogP contribution in [-0.2, 0) is 33.6 Å². The Balaban J connectivity index is 5.95. The van der Waals surface area contributed by atoms with Gasteiger partial charge in [-0.05, 0) is 83.8 Å². The van der Waals surface area contributed by atoms with E-state index in [2.05, 4.69) is 21.3 Å². The van der Waals surface area contributed by atoms with Gasteiger partial charge in [-0.3, -0.25) is 33.6 Å². The number of unbranched alkanes of at least 4 members (excludes halogenated alkanes) is 3. The molecule has 5 atom stereocenters. The molecule has 0 aromatic rings. The second-order valence-electron chi connectivity index (χ2n) is 11.1. The Kier molecular flexibility index (Phi) is 22.3. The molecule has 0 aliphatic carbocycles. The second-order valence-corrected chi connectivity index (χ2v) is 11.1. The van der Waals surface area contributed by atoms with Gasteiger partial charge in [0.15, 0.2) is 0 Å². The minimum atomic E-state index is -1.36. The van der Waals surface area contributed by atoms with E-state index < -0.39 is 71.6 Å². The van der Waals surface area contributed by atoms with Gasteiger partial charge < -0.3 is 61.4 Å². The smallest absolute Gasteiger partial charge is 0.243 e. The predicted octanol–water partition coefficient (Wildman–Crippen LogP) is -4.34. The van der Waals surface area contributed by atoms with Crippen LogP contribution in [0.25, 0.3) is 0 Å². The summed E-state index contributed by atoms with van der Waals surface area (Å²) in [6.45, 7) is 1.16. The highest BCUT2D eigenvalue weighted by atomic mass is 16.2. The molecular weight excluding hydrogens is 602 g/mol. The molecule has 0 spiro atoms. The lowest BCUT2D eigenvalue weighted by molar-refractivity contribution is -0.135. The molecule has 46 heavy (non-hydrogen) atoms. The first-order valence-electron chi connectivity index (χ1n) is 15.7. The zero-order valence-electron chi connectivity index (χ0n) is 26.6. The molecule has 0 radical (unpaired) electrons. The number of hydrogen-bond acceptors (Lipinski definition) is 11. The number of carbonyl (C=O) groups is 7. The van der Waals surface area contributed by atoms with Crippen LogP contribution in [0.5, 0.6) is 0 Å². The molecule has 0 aromatic carbocycles. The third kappa shape index (κ3) is 18.8. The first-order valence-corrected chi connectivity index (χ1v) is 15.7. The van der Waals surface area contributed by atoms with E-state index in [1.165, 1.54) is 0 Å². The largest absolute Gasteiger partial charge is 0.370 e. The van der Waals surface area contributed by atoms with Crippen LogP contribution in [0.3, 0.4) is 0 Å². The maximum atomic E-state index is 13.5. The fraction of sp³-hybridized carbons (Fsp3) is 0.750. The second kappa shape index (κ2) is 24.4. The molecule has 18 N–H and O–H groups in total. The summed E-state index contributed by atoms with van der Waals surface area (Å²) in [5.74, 6) is -5.23. The van der Waals surface area contributed by atoms with E-state index in [1.54, 1.807) is 0 Å². The summed E-state index contributed by atoms with van der Waals surface area (Å²) < 4.78 is 0. The monoisotopic (exact) mass is 657 g/mol. The number of nitrogens with two attached hydrogens (primary N) is 7. The van der Waals surface area contributed by atoms with Crippen LogP contribution < -0.4 is 61.4 Å². The van der Waals surface area contributed by atoms with E-state index in [4.69, 9.17) is 40.1 Å². The lowest BCUT2D eigenvalue weighted by atomic mass is 10.0. The summed E-state index contributed by atoms with van der Waals surface area (Å²) in [5, 5.41) is 10.2.